The van der Waals surface area contributed by atoms with E-state index in [4.69, 9.17) is 5.73 Å². The Balaban J connectivity index is 2.19. The average molecular weight is 289 g/mol. The molecule has 0 bridgehead atoms. The van der Waals surface area contributed by atoms with E-state index in [-0.39, 0.29) is 17.8 Å². The summed E-state index contributed by atoms with van der Waals surface area (Å²) < 4.78 is 13.3. The van der Waals surface area contributed by atoms with Crippen molar-refractivity contribution in [2.45, 2.75) is 6.54 Å². The van der Waals surface area contributed by atoms with Crippen LogP contribution in [-0.2, 0) is 6.54 Å². The molecule has 3 N–H and O–H groups in total. The summed E-state index contributed by atoms with van der Waals surface area (Å²) >= 11 is 0. The molecule has 2 rings (SSSR count). The average Bonchev–Trinajstić information content (AvgIpc) is 2.46. The van der Waals surface area contributed by atoms with Gasteiger partial charge in [-0.2, -0.15) is 0 Å². The number of nitro groups is 1. The summed E-state index contributed by atoms with van der Waals surface area (Å²) in [5, 5.41) is 13.8. The van der Waals surface area contributed by atoms with Crippen LogP contribution in [0.2, 0.25) is 0 Å². The van der Waals surface area contributed by atoms with Crippen molar-refractivity contribution in [2.75, 3.05) is 5.32 Å². The molecule has 0 atom stereocenters. The van der Waals surface area contributed by atoms with Gasteiger partial charge in [0.1, 0.15) is 5.82 Å². The van der Waals surface area contributed by atoms with Crippen LogP contribution in [0.15, 0.2) is 42.5 Å². The summed E-state index contributed by atoms with van der Waals surface area (Å²) in [7, 11) is 0. The molecular weight excluding hydrogens is 277 g/mol. The van der Waals surface area contributed by atoms with E-state index >= 15 is 0 Å². The third kappa shape index (κ3) is 3.33. The number of nitrogens with two attached hydrogens (primary N) is 1. The molecule has 0 aliphatic carbocycles. The molecule has 0 aliphatic heterocycles. The molecule has 0 aliphatic rings. The second-order valence-corrected chi connectivity index (χ2v) is 4.30. The van der Waals surface area contributed by atoms with Crippen LogP contribution in [-0.4, -0.2) is 10.8 Å². The lowest BCUT2D eigenvalue weighted by Gasteiger charge is -2.08. The van der Waals surface area contributed by atoms with Crippen molar-refractivity contribution in [3.8, 4) is 0 Å². The van der Waals surface area contributed by atoms with Crippen LogP contribution >= 0.6 is 0 Å². The van der Waals surface area contributed by atoms with Gasteiger partial charge in [-0.1, -0.05) is 18.2 Å². The van der Waals surface area contributed by atoms with E-state index in [9.17, 15) is 19.3 Å². The highest BCUT2D eigenvalue weighted by molar-refractivity contribution is 5.94. The molecule has 0 unspecified atom stereocenters. The van der Waals surface area contributed by atoms with Gasteiger partial charge in [0.15, 0.2) is 0 Å². The van der Waals surface area contributed by atoms with Crippen LogP contribution in [0.4, 0.5) is 15.8 Å². The minimum atomic E-state index is -0.873. The number of hydrogen-bond donors (Lipinski definition) is 2. The number of amides is 1. The molecule has 2 aromatic rings. The number of hydrogen-bond acceptors (Lipinski definition) is 4. The van der Waals surface area contributed by atoms with Gasteiger partial charge in [-0.3, -0.25) is 14.9 Å². The number of nitrogens with zero attached hydrogens (tertiary/aromatic N) is 1. The van der Waals surface area contributed by atoms with Gasteiger partial charge in [0.2, 0.25) is 0 Å². The third-order valence-electron chi connectivity index (χ3n) is 2.90. The van der Waals surface area contributed by atoms with Gasteiger partial charge in [-0.25, -0.2) is 4.39 Å². The van der Waals surface area contributed by atoms with Gasteiger partial charge in [-0.15, -0.1) is 0 Å². The van der Waals surface area contributed by atoms with Crippen molar-refractivity contribution < 1.29 is 14.1 Å². The van der Waals surface area contributed by atoms with E-state index in [0.717, 1.165) is 6.07 Å². The second-order valence-electron chi connectivity index (χ2n) is 4.30. The minimum Gasteiger partial charge on any atom is -0.381 e. The lowest BCUT2D eigenvalue weighted by Crippen LogP contribution is -2.13. The Kier molecular flexibility index (Phi) is 4.13. The number of anilines is 1. The molecule has 6 nitrogen and oxygen atoms in total. The van der Waals surface area contributed by atoms with Crippen LogP contribution < -0.4 is 11.1 Å². The van der Waals surface area contributed by atoms with Gasteiger partial charge in [0.05, 0.1) is 10.5 Å². The predicted octanol–water partition coefficient (Wildman–Crippen LogP) is 2.44. The predicted molar refractivity (Wildman–Crippen MR) is 75.3 cm³/mol. The summed E-state index contributed by atoms with van der Waals surface area (Å²) in [6.45, 7) is 0.168. The molecule has 2 aromatic carbocycles. The lowest BCUT2D eigenvalue weighted by molar-refractivity contribution is -0.385. The van der Waals surface area contributed by atoms with Crippen LogP contribution in [0.1, 0.15) is 15.9 Å². The Bertz CT molecular complexity index is 704. The molecular formula is C14H12FN3O3. The summed E-state index contributed by atoms with van der Waals surface area (Å²) in [6.07, 6.45) is 0. The van der Waals surface area contributed by atoms with Crippen LogP contribution in [0.3, 0.4) is 0 Å². The fourth-order valence-electron chi connectivity index (χ4n) is 1.86. The maximum atomic E-state index is 13.3. The first-order valence-electron chi connectivity index (χ1n) is 6.04. The Labute approximate surface area is 119 Å². The fraction of sp³-hybridized carbons (Fsp3) is 0.0714. The minimum absolute atomic E-state index is 0.0118. The van der Waals surface area contributed by atoms with E-state index in [2.05, 4.69) is 5.32 Å². The van der Waals surface area contributed by atoms with Crippen LogP contribution in [0, 0.1) is 15.9 Å². The number of para-hydroxylation sites is 1. The maximum absolute atomic E-state index is 13.3. The van der Waals surface area contributed by atoms with Gasteiger partial charge >= 0.3 is 0 Å². The lowest BCUT2D eigenvalue weighted by atomic mass is 10.1. The zero-order valence-electron chi connectivity index (χ0n) is 10.9. The molecule has 7 heteroatoms. The smallest absolute Gasteiger partial charge is 0.274 e. The van der Waals surface area contributed by atoms with Crippen LogP contribution in [0.5, 0.6) is 0 Å². The van der Waals surface area contributed by atoms with Crippen molar-refractivity contribution in [1.29, 1.82) is 0 Å². The maximum Gasteiger partial charge on any atom is 0.274 e. The van der Waals surface area contributed by atoms with Crippen molar-refractivity contribution in [2.24, 2.45) is 5.73 Å². The highest BCUT2D eigenvalue weighted by atomic mass is 19.1. The van der Waals surface area contributed by atoms with Crippen molar-refractivity contribution in [1.82, 2.24) is 0 Å². The number of benzene rings is 2. The fourth-order valence-corrected chi connectivity index (χ4v) is 1.86. The first-order valence-corrected chi connectivity index (χ1v) is 6.04. The number of halogens is 1. The van der Waals surface area contributed by atoms with E-state index in [0.29, 0.717) is 11.3 Å². The number of nitrogens with one attached hydrogen (secondary N) is 1. The van der Waals surface area contributed by atoms with E-state index in [1.165, 1.54) is 18.2 Å². The molecule has 0 saturated heterocycles. The molecule has 1 amide bonds. The van der Waals surface area contributed by atoms with E-state index in [1.807, 2.05) is 0 Å². The summed E-state index contributed by atoms with van der Waals surface area (Å²) in [6, 6.07) is 10.1. The molecule has 0 spiro atoms. The number of primary amides is 1. The number of rotatable bonds is 5. The van der Waals surface area contributed by atoms with E-state index in [1.54, 1.807) is 18.2 Å². The standard InChI is InChI=1S/C14H12FN3O3/c15-12-6-5-10(7-11(12)14(16)19)17-8-9-3-1-2-4-13(9)18(20)21/h1-7,17H,8H2,(H2,16,19). The first-order chi connectivity index (χ1) is 9.99. The zero-order chi connectivity index (χ0) is 15.4. The summed E-state index contributed by atoms with van der Waals surface area (Å²) in [5.74, 6) is -1.58. The van der Waals surface area contributed by atoms with E-state index < -0.39 is 16.6 Å². The molecule has 0 heterocycles. The quantitative estimate of drug-likeness (QED) is 0.652. The summed E-state index contributed by atoms with van der Waals surface area (Å²) in [4.78, 5) is 21.5. The molecule has 0 radical (unpaired) electrons. The first kappa shape index (κ1) is 14.4. The van der Waals surface area contributed by atoms with Gasteiger partial charge in [0.25, 0.3) is 11.6 Å². The molecule has 0 saturated carbocycles. The molecule has 21 heavy (non-hydrogen) atoms. The van der Waals surface area contributed by atoms with Crippen LogP contribution in [0.25, 0.3) is 0 Å². The van der Waals surface area contributed by atoms with Gasteiger partial charge < -0.3 is 11.1 Å². The number of carbonyl (C=O) groups is 1. The third-order valence-corrected chi connectivity index (χ3v) is 2.90. The van der Waals surface area contributed by atoms with Gasteiger partial charge in [0, 0.05) is 23.9 Å². The molecule has 0 fully saturated rings. The second kappa shape index (κ2) is 6.00. The Morgan fingerprint density at radius 1 is 1.29 bits per heavy atom. The SMILES string of the molecule is NC(=O)c1cc(NCc2ccccc2[N+](=O)[O-])ccc1F. The number of nitro benzene ring substituents is 1. The normalized spacial score (nSPS) is 10.1. The van der Waals surface area contributed by atoms with Crippen molar-refractivity contribution >= 4 is 17.3 Å². The monoisotopic (exact) mass is 289 g/mol. The highest BCUT2D eigenvalue weighted by Crippen LogP contribution is 2.20. The topological polar surface area (TPSA) is 98.3 Å². The largest absolute Gasteiger partial charge is 0.381 e. The highest BCUT2D eigenvalue weighted by Gasteiger charge is 2.13. The Morgan fingerprint density at radius 3 is 2.67 bits per heavy atom. The molecule has 0 aromatic heterocycles. The summed E-state index contributed by atoms with van der Waals surface area (Å²) in [5.41, 5.74) is 5.74. The zero-order valence-corrected chi connectivity index (χ0v) is 10.9. The van der Waals surface area contributed by atoms with Gasteiger partial charge in [-0.05, 0) is 18.2 Å². The van der Waals surface area contributed by atoms with Crippen molar-refractivity contribution in [3.05, 3.63) is 69.5 Å². The Hall–Kier alpha value is -2.96. The Morgan fingerprint density at radius 2 is 2.00 bits per heavy atom. The molecule has 108 valence electrons. The number of carbonyl (C=O) groups excluding carboxylic acids is 1. The van der Waals surface area contributed by atoms with Crippen molar-refractivity contribution in [3.63, 3.8) is 0 Å².